The number of methoxy groups -OCH3 is 1. The predicted molar refractivity (Wildman–Crippen MR) is 81.6 cm³/mol. The minimum atomic E-state index is -0.313. The standard InChI is InChI=1S/C17H19FN2O/c1-21-17-6-5-12(9-15(17)18)10-20-8-7-13-3-2-4-16(19)14(13)11-20/h2-6,9H,7-8,10-11,19H2,1H3. The molecule has 0 aliphatic carbocycles. The predicted octanol–water partition coefficient (Wildman–Crippen LogP) is 2.97. The lowest BCUT2D eigenvalue weighted by atomic mass is 9.98. The van der Waals surface area contributed by atoms with E-state index in [0.29, 0.717) is 6.54 Å². The molecule has 2 aromatic rings. The minimum absolute atomic E-state index is 0.284. The van der Waals surface area contributed by atoms with E-state index in [1.165, 1.54) is 18.2 Å². The monoisotopic (exact) mass is 286 g/mol. The molecular weight excluding hydrogens is 267 g/mol. The van der Waals surface area contributed by atoms with Crippen LogP contribution < -0.4 is 10.5 Å². The van der Waals surface area contributed by atoms with Crippen molar-refractivity contribution in [2.45, 2.75) is 19.5 Å². The fourth-order valence-electron chi connectivity index (χ4n) is 2.86. The van der Waals surface area contributed by atoms with Gasteiger partial charge in [-0.1, -0.05) is 18.2 Å². The summed E-state index contributed by atoms with van der Waals surface area (Å²) in [6, 6.07) is 11.2. The average molecular weight is 286 g/mol. The third-order valence-corrected chi connectivity index (χ3v) is 4.01. The van der Waals surface area contributed by atoms with Crippen molar-refractivity contribution < 1.29 is 9.13 Å². The maximum Gasteiger partial charge on any atom is 0.165 e. The lowest BCUT2D eigenvalue weighted by molar-refractivity contribution is 0.245. The number of nitrogens with two attached hydrogens (primary N) is 1. The largest absolute Gasteiger partial charge is 0.494 e. The maximum atomic E-state index is 13.7. The highest BCUT2D eigenvalue weighted by Gasteiger charge is 2.18. The maximum absolute atomic E-state index is 13.7. The topological polar surface area (TPSA) is 38.5 Å². The van der Waals surface area contributed by atoms with Crippen LogP contribution in [0.25, 0.3) is 0 Å². The van der Waals surface area contributed by atoms with Gasteiger partial charge in [-0.15, -0.1) is 0 Å². The van der Waals surface area contributed by atoms with Crippen molar-refractivity contribution in [1.29, 1.82) is 0 Å². The summed E-state index contributed by atoms with van der Waals surface area (Å²) in [5.41, 5.74) is 10.4. The van der Waals surface area contributed by atoms with E-state index in [1.54, 1.807) is 12.1 Å². The Labute approximate surface area is 124 Å². The van der Waals surface area contributed by atoms with Crippen LogP contribution in [0, 0.1) is 5.82 Å². The zero-order valence-corrected chi connectivity index (χ0v) is 12.1. The molecule has 4 heteroatoms. The molecule has 0 unspecified atom stereocenters. The van der Waals surface area contributed by atoms with Gasteiger partial charge in [0.05, 0.1) is 7.11 Å². The van der Waals surface area contributed by atoms with Gasteiger partial charge in [-0.3, -0.25) is 4.90 Å². The molecule has 2 aromatic carbocycles. The first-order valence-electron chi connectivity index (χ1n) is 7.08. The van der Waals surface area contributed by atoms with Crippen LogP contribution in [0.1, 0.15) is 16.7 Å². The first kappa shape index (κ1) is 13.9. The van der Waals surface area contributed by atoms with Gasteiger partial charge in [-0.2, -0.15) is 0 Å². The van der Waals surface area contributed by atoms with Crippen molar-refractivity contribution >= 4 is 5.69 Å². The van der Waals surface area contributed by atoms with Crippen LogP contribution in [-0.4, -0.2) is 18.6 Å². The smallest absolute Gasteiger partial charge is 0.165 e. The zero-order valence-electron chi connectivity index (χ0n) is 12.1. The van der Waals surface area contributed by atoms with Crippen molar-refractivity contribution in [1.82, 2.24) is 4.90 Å². The molecule has 0 aromatic heterocycles. The van der Waals surface area contributed by atoms with E-state index in [1.807, 2.05) is 18.2 Å². The van der Waals surface area contributed by atoms with E-state index in [-0.39, 0.29) is 11.6 Å². The third-order valence-electron chi connectivity index (χ3n) is 4.01. The molecule has 0 fully saturated rings. The first-order chi connectivity index (χ1) is 10.2. The normalized spacial score (nSPS) is 14.8. The van der Waals surface area contributed by atoms with Crippen LogP contribution in [0.4, 0.5) is 10.1 Å². The summed E-state index contributed by atoms with van der Waals surface area (Å²) in [6.07, 6.45) is 0.985. The van der Waals surface area contributed by atoms with E-state index < -0.39 is 0 Å². The van der Waals surface area contributed by atoms with E-state index in [9.17, 15) is 4.39 Å². The SMILES string of the molecule is COc1ccc(CN2CCc3cccc(N)c3C2)cc1F. The molecule has 21 heavy (non-hydrogen) atoms. The summed E-state index contributed by atoms with van der Waals surface area (Å²) >= 11 is 0. The van der Waals surface area contributed by atoms with Crippen molar-refractivity contribution in [2.24, 2.45) is 0 Å². The Bertz CT molecular complexity index is 657. The lowest BCUT2D eigenvalue weighted by Gasteiger charge is -2.29. The van der Waals surface area contributed by atoms with Crippen LogP contribution in [0.5, 0.6) is 5.75 Å². The van der Waals surface area contributed by atoms with E-state index in [0.717, 1.165) is 30.8 Å². The van der Waals surface area contributed by atoms with Crippen molar-refractivity contribution in [3.63, 3.8) is 0 Å². The average Bonchev–Trinajstić information content (AvgIpc) is 2.48. The number of hydrogen-bond donors (Lipinski definition) is 1. The van der Waals surface area contributed by atoms with Gasteiger partial charge < -0.3 is 10.5 Å². The van der Waals surface area contributed by atoms with E-state index in [4.69, 9.17) is 10.5 Å². The molecule has 2 N–H and O–H groups in total. The number of nitrogens with zero attached hydrogens (tertiary/aromatic N) is 1. The summed E-state index contributed by atoms with van der Waals surface area (Å²) in [7, 11) is 1.47. The Balaban J connectivity index is 1.75. The number of anilines is 1. The Kier molecular flexibility index (Phi) is 3.80. The second-order valence-corrected chi connectivity index (χ2v) is 5.41. The van der Waals surface area contributed by atoms with Gasteiger partial charge in [0, 0.05) is 25.3 Å². The Morgan fingerprint density at radius 2 is 2.14 bits per heavy atom. The highest BCUT2D eigenvalue weighted by atomic mass is 19.1. The van der Waals surface area contributed by atoms with Crippen molar-refractivity contribution in [2.75, 3.05) is 19.4 Å². The summed E-state index contributed by atoms with van der Waals surface area (Å²) < 4.78 is 18.7. The van der Waals surface area contributed by atoms with Gasteiger partial charge >= 0.3 is 0 Å². The highest BCUT2D eigenvalue weighted by Crippen LogP contribution is 2.26. The summed E-state index contributed by atoms with van der Waals surface area (Å²) in [6.45, 7) is 2.49. The van der Waals surface area contributed by atoms with Crippen molar-refractivity contribution in [3.05, 3.63) is 58.9 Å². The number of benzene rings is 2. The number of hydrogen-bond acceptors (Lipinski definition) is 3. The molecule has 0 radical (unpaired) electrons. The number of rotatable bonds is 3. The number of halogens is 1. The van der Waals surface area contributed by atoms with Gasteiger partial charge in [-0.05, 0) is 41.3 Å². The summed E-state index contributed by atoms with van der Waals surface area (Å²) in [5.74, 6) is -0.0288. The molecule has 3 nitrogen and oxygen atoms in total. The molecule has 0 saturated carbocycles. The van der Waals surface area contributed by atoms with Crippen LogP contribution in [0.3, 0.4) is 0 Å². The molecule has 1 aliphatic rings. The van der Waals surface area contributed by atoms with Crippen LogP contribution in [-0.2, 0) is 19.5 Å². The molecule has 0 bridgehead atoms. The summed E-state index contributed by atoms with van der Waals surface area (Å²) in [4.78, 5) is 2.29. The minimum Gasteiger partial charge on any atom is -0.494 e. The molecule has 110 valence electrons. The summed E-state index contributed by atoms with van der Waals surface area (Å²) in [5, 5.41) is 0. The van der Waals surface area contributed by atoms with Gasteiger partial charge in [-0.25, -0.2) is 4.39 Å². The molecular formula is C17H19FN2O. The van der Waals surface area contributed by atoms with Gasteiger partial charge in [0.2, 0.25) is 0 Å². The highest BCUT2D eigenvalue weighted by molar-refractivity contribution is 5.51. The molecule has 1 aliphatic heterocycles. The first-order valence-corrected chi connectivity index (χ1v) is 7.08. The van der Waals surface area contributed by atoms with E-state index in [2.05, 4.69) is 11.0 Å². The van der Waals surface area contributed by atoms with E-state index >= 15 is 0 Å². The second-order valence-electron chi connectivity index (χ2n) is 5.41. The molecule has 3 rings (SSSR count). The Morgan fingerprint density at radius 1 is 1.29 bits per heavy atom. The lowest BCUT2D eigenvalue weighted by Crippen LogP contribution is -2.30. The zero-order chi connectivity index (χ0) is 14.8. The Hall–Kier alpha value is -2.07. The molecule has 0 spiro atoms. The van der Waals surface area contributed by atoms with Crippen LogP contribution in [0.2, 0.25) is 0 Å². The van der Waals surface area contributed by atoms with Gasteiger partial charge in [0.15, 0.2) is 11.6 Å². The second kappa shape index (κ2) is 5.74. The van der Waals surface area contributed by atoms with Crippen LogP contribution >= 0.6 is 0 Å². The third kappa shape index (κ3) is 2.85. The number of fused-ring (bicyclic) bond motifs is 1. The van der Waals surface area contributed by atoms with Crippen LogP contribution in [0.15, 0.2) is 36.4 Å². The fourth-order valence-corrected chi connectivity index (χ4v) is 2.86. The number of ether oxygens (including phenoxy) is 1. The fraction of sp³-hybridized carbons (Fsp3) is 0.294. The Morgan fingerprint density at radius 3 is 2.90 bits per heavy atom. The molecule has 1 heterocycles. The van der Waals surface area contributed by atoms with Crippen molar-refractivity contribution in [3.8, 4) is 5.75 Å². The van der Waals surface area contributed by atoms with Gasteiger partial charge in [0.25, 0.3) is 0 Å². The molecule has 0 saturated heterocycles. The molecule has 0 atom stereocenters. The van der Waals surface area contributed by atoms with Gasteiger partial charge in [0.1, 0.15) is 0 Å². The molecule has 0 amide bonds. The number of nitrogen functional groups attached to an aromatic ring is 1. The quantitative estimate of drug-likeness (QED) is 0.882.